The molecule has 1 amide bonds. The molecule has 2 heterocycles. The molecule has 2 aromatic rings. The van der Waals surface area contributed by atoms with Crippen LogP contribution >= 0.6 is 11.3 Å². The van der Waals surface area contributed by atoms with Crippen LogP contribution in [0.2, 0.25) is 0 Å². The SMILES string of the molecule is O=C(CCS(=O)(=O)c1ccccc1)NC[C@@H](c1cccs1)N1CCOCC1. The van der Waals surface area contributed by atoms with Gasteiger partial charge >= 0.3 is 0 Å². The first-order valence-corrected chi connectivity index (χ1v) is 11.5. The zero-order chi connectivity index (χ0) is 19.1. The van der Waals surface area contributed by atoms with E-state index in [1.165, 1.54) is 4.88 Å². The molecule has 0 unspecified atom stereocenters. The molecule has 0 spiro atoms. The van der Waals surface area contributed by atoms with Crippen LogP contribution in [0.4, 0.5) is 0 Å². The van der Waals surface area contributed by atoms with E-state index in [4.69, 9.17) is 4.74 Å². The number of morpholine rings is 1. The van der Waals surface area contributed by atoms with Crippen LogP contribution in [0, 0.1) is 0 Å². The minimum Gasteiger partial charge on any atom is -0.379 e. The number of benzene rings is 1. The van der Waals surface area contributed by atoms with E-state index in [0.29, 0.717) is 19.8 Å². The van der Waals surface area contributed by atoms with Gasteiger partial charge in [-0.1, -0.05) is 24.3 Å². The van der Waals surface area contributed by atoms with E-state index in [9.17, 15) is 13.2 Å². The van der Waals surface area contributed by atoms with E-state index in [1.807, 2.05) is 11.4 Å². The molecule has 0 aliphatic carbocycles. The average Bonchev–Trinajstić information content (AvgIpc) is 3.23. The van der Waals surface area contributed by atoms with Gasteiger partial charge in [-0.15, -0.1) is 11.3 Å². The second kappa shape index (κ2) is 9.45. The molecule has 146 valence electrons. The Hall–Kier alpha value is -1.74. The highest BCUT2D eigenvalue weighted by atomic mass is 32.2. The van der Waals surface area contributed by atoms with Crippen molar-refractivity contribution in [3.63, 3.8) is 0 Å². The van der Waals surface area contributed by atoms with Crippen molar-refractivity contribution in [2.45, 2.75) is 17.4 Å². The van der Waals surface area contributed by atoms with Crippen LogP contribution < -0.4 is 5.32 Å². The summed E-state index contributed by atoms with van der Waals surface area (Å²) in [4.78, 5) is 16.0. The van der Waals surface area contributed by atoms with Gasteiger partial charge in [0.05, 0.1) is 29.9 Å². The Kier molecular flexibility index (Phi) is 7.01. The predicted molar refractivity (Wildman–Crippen MR) is 106 cm³/mol. The molecular formula is C19H24N2O4S2. The van der Waals surface area contributed by atoms with Gasteiger partial charge in [0.2, 0.25) is 5.91 Å². The van der Waals surface area contributed by atoms with Crippen LogP contribution in [-0.2, 0) is 19.4 Å². The summed E-state index contributed by atoms with van der Waals surface area (Å²) in [6, 6.07) is 12.4. The lowest BCUT2D eigenvalue weighted by Gasteiger charge is -2.34. The van der Waals surface area contributed by atoms with Gasteiger partial charge in [-0.25, -0.2) is 8.42 Å². The lowest BCUT2D eigenvalue weighted by atomic mass is 10.2. The quantitative estimate of drug-likeness (QED) is 0.724. The largest absolute Gasteiger partial charge is 0.379 e. The first-order chi connectivity index (χ1) is 13.1. The van der Waals surface area contributed by atoms with Gasteiger partial charge in [0, 0.05) is 30.9 Å². The van der Waals surface area contributed by atoms with Gasteiger partial charge < -0.3 is 10.1 Å². The normalized spacial score (nSPS) is 16.7. The Balaban J connectivity index is 1.55. The molecule has 1 aliphatic rings. The fraction of sp³-hybridized carbons (Fsp3) is 0.421. The molecule has 6 nitrogen and oxygen atoms in total. The standard InChI is InChI=1S/C19H24N2O4S2/c22-19(8-14-27(23,24)16-5-2-1-3-6-16)20-15-17(18-7-4-13-26-18)21-9-11-25-12-10-21/h1-7,13,17H,8-12,14-15H2,(H,20,22)/t17-/m0/s1. The highest BCUT2D eigenvalue weighted by molar-refractivity contribution is 7.91. The lowest BCUT2D eigenvalue weighted by molar-refractivity contribution is -0.121. The monoisotopic (exact) mass is 408 g/mol. The third kappa shape index (κ3) is 5.62. The second-order valence-electron chi connectivity index (χ2n) is 6.37. The molecule has 1 atom stereocenters. The molecule has 0 bridgehead atoms. The maximum Gasteiger partial charge on any atom is 0.221 e. The van der Waals surface area contributed by atoms with Crippen LogP contribution in [0.5, 0.6) is 0 Å². The maximum atomic E-state index is 12.3. The number of hydrogen-bond acceptors (Lipinski definition) is 6. The minimum atomic E-state index is -3.44. The molecule has 1 N–H and O–H groups in total. The van der Waals surface area contributed by atoms with Crippen LogP contribution in [0.3, 0.4) is 0 Å². The first-order valence-electron chi connectivity index (χ1n) is 8.96. The van der Waals surface area contributed by atoms with Gasteiger partial charge in [0.15, 0.2) is 9.84 Å². The summed E-state index contributed by atoms with van der Waals surface area (Å²) in [5, 5.41) is 4.94. The van der Waals surface area contributed by atoms with Crippen molar-refractivity contribution in [2.24, 2.45) is 0 Å². The average molecular weight is 409 g/mol. The van der Waals surface area contributed by atoms with Gasteiger partial charge in [0.1, 0.15) is 0 Å². The summed E-state index contributed by atoms with van der Waals surface area (Å²) >= 11 is 1.66. The number of thiophene rings is 1. The number of amides is 1. The van der Waals surface area contributed by atoms with Crippen molar-refractivity contribution >= 4 is 27.1 Å². The maximum absolute atomic E-state index is 12.3. The molecule has 0 radical (unpaired) electrons. The Morgan fingerprint density at radius 3 is 2.56 bits per heavy atom. The fourth-order valence-electron chi connectivity index (χ4n) is 3.05. The number of carbonyl (C=O) groups is 1. The van der Waals surface area contributed by atoms with Gasteiger partial charge in [-0.3, -0.25) is 9.69 Å². The smallest absolute Gasteiger partial charge is 0.221 e. The Morgan fingerprint density at radius 2 is 1.89 bits per heavy atom. The first kappa shape index (κ1) is 20.0. The predicted octanol–water partition coefficient (Wildman–Crippen LogP) is 2.10. The van der Waals surface area contributed by atoms with Crippen molar-refractivity contribution in [2.75, 3.05) is 38.6 Å². The highest BCUT2D eigenvalue weighted by Crippen LogP contribution is 2.25. The molecule has 3 rings (SSSR count). The number of carbonyl (C=O) groups excluding carboxylic acids is 1. The molecule has 27 heavy (non-hydrogen) atoms. The minimum absolute atomic E-state index is 0.0441. The van der Waals surface area contributed by atoms with E-state index in [-0.39, 0.29) is 29.0 Å². The van der Waals surface area contributed by atoms with Gasteiger partial charge in [0.25, 0.3) is 0 Å². The Bertz CT molecular complexity index is 817. The van der Waals surface area contributed by atoms with E-state index in [2.05, 4.69) is 16.3 Å². The van der Waals surface area contributed by atoms with Gasteiger partial charge in [-0.05, 0) is 23.6 Å². The molecule has 1 aromatic carbocycles. The van der Waals surface area contributed by atoms with E-state index >= 15 is 0 Å². The van der Waals surface area contributed by atoms with Crippen molar-refractivity contribution in [3.8, 4) is 0 Å². The summed E-state index contributed by atoms with van der Waals surface area (Å²) in [6.07, 6.45) is -0.0441. The van der Waals surface area contributed by atoms with Crippen LogP contribution in [0.15, 0.2) is 52.7 Å². The fourth-order valence-corrected chi connectivity index (χ4v) is 5.17. The molecule has 1 saturated heterocycles. The van der Waals surface area contributed by atoms with Crippen LogP contribution in [0.25, 0.3) is 0 Å². The summed E-state index contributed by atoms with van der Waals surface area (Å²) in [6.45, 7) is 3.47. The third-order valence-electron chi connectivity index (χ3n) is 4.55. The number of nitrogens with one attached hydrogen (secondary N) is 1. The molecule has 0 saturated carbocycles. The van der Waals surface area contributed by atoms with E-state index in [1.54, 1.807) is 41.7 Å². The Labute approximate surface area is 164 Å². The number of sulfone groups is 1. The third-order valence-corrected chi connectivity index (χ3v) is 7.26. The molecular weight excluding hydrogens is 384 g/mol. The number of hydrogen-bond donors (Lipinski definition) is 1. The molecule has 8 heteroatoms. The highest BCUT2D eigenvalue weighted by Gasteiger charge is 2.24. The summed E-state index contributed by atoms with van der Waals surface area (Å²) in [5.41, 5.74) is 0. The number of rotatable bonds is 8. The zero-order valence-corrected chi connectivity index (χ0v) is 16.7. The van der Waals surface area contributed by atoms with Crippen LogP contribution in [0.1, 0.15) is 17.3 Å². The van der Waals surface area contributed by atoms with Crippen LogP contribution in [-0.4, -0.2) is 57.8 Å². The second-order valence-corrected chi connectivity index (χ2v) is 9.45. The molecule has 1 fully saturated rings. The summed E-state index contributed by atoms with van der Waals surface area (Å²) in [5.74, 6) is -0.436. The number of ether oxygens (including phenoxy) is 1. The van der Waals surface area contributed by atoms with Crippen molar-refractivity contribution in [1.29, 1.82) is 0 Å². The topological polar surface area (TPSA) is 75.7 Å². The number of nitrogens with zero attached hydrogens (tertiary/aromatic N) is 1. The van der Waals surface area contributed by atoms with Crippen molar-refractivity contribution in [3.05, 3.63) is 52.7 Å². The van der Waals surface area contributed by atoms with Gasteiger partial charge in [-0.2, -0.15) is 0 Å². The van der Waals surface area contributed by atoms with E-state index < -0.39 is 9.84 Å². The molecule has 1 aromatic heterocycles. The summed E-state index contributed by atoms with van der Waals surface area (Å²) in [7, 11) is -3.44. The zero-order valence-electron chi connectivity index (χ0n) is 15.0. The summed E-state index contributed by atoms with van der Waals surface area (Å²) < 4.78 is 30.0. The van der Waals surface area contributed by atoms with Crippen molar-refractivity contribution < 1.29 is 17.9 Å². The van der Waals surface area contributed by atoms with E-state index in [0.717, 1.165) is 13.1 Å². The van der Waals surface area contributed by atoms with Crippen molar-refractivity contribution in [1.82, 2.24) is 10.2 Å². The lowest BCUT2D eigenvalue weighted by Crippen LogP contribution is -2.43. The Morgan fingerprint density at radius 1 is 1.15 bits per heavy atom. The molecule has 1 aliphatic heterocycles.